The van der Waals surface area contributed by atoms with E-state index in [4.69, 9.17) is 19.1 Å². The number of aliphatic hydroxyl groups excluding tert-OH is 1. The number of carboxylic acid groups (broad SMARTS) is 1. The number of β-amino-alcohol motifs (C(OH)–C–C–N with tert-alkyl or cyclic N) is 1. The Bertz CT molecular complexity index is 1270. The van der Waals surface area contributed by atoms with Gasteiger partial charge in [-0.25, -0.2) is 4.79 Å². The number of H-pyrrole nitrogens is 1. The fourth-order valence-electron chi connectivity index (χ4n) is 3.92. The van der Waals surface area contributed by atoms with Gasteiger partial charge in [0.1, 0.15) is 24.2 Å². The zero-order valence-electron chi connectivity index (χ0n) is 20.1. The van der Waals surface area contributed by atoms with Crippen molar-refractivity contribution in [3.05, 3.63) is 66.5 Å². The van der Waals surface area contributed by atoms with E-state index in [0.29, 0.717) is 30.2 Å². The number of halogens is 1. The van der Waals surface area contributed by atoms with Crippen LogP contribution in [0.4, 0.5) is 0 Å². The van der Waals surface area contributed by atoms with Gasteiger partial charge in [0, 0.05) is 29.7 Å². The van der Waals surface area contributed by atoms with Crippen LogP contribution in [0.25, 0.3) is 22.2 Å². The predicted molar refractivity (Wildman–Crippen MR) is 138 cm³/mol. The minimum absolute atomic E-state index is 0. The number of fused-ring (bicyclic) bond motifs is 1. The molecule has 4 aromatic rings. The molecule has 0 bridgehead atoms. The van der Waals surface area contributed by atoms with Crippen LogP contribution in [0.2, 0.25) is 0 Å². The lowest BCUT2D eigenvalue weighted by Gasteiger charge is -2.28. The van der Waals surface area contributed by atoms with E-state index in [0.717, 1.165) is 22.0 Å². The molecule has 4 rings (SSSR count). The molecular formula is C26H30ClN3O6. The highest BCUT2D eigenvalue weighted by Crippen LogP contribution is 2.30. The minimum Gasteiger partial charge on any atom is -0.490 e. The summed E-state index contributed by atoms with van der Waals surface area (Å²) in [7, 11) is 0. The number of nitrogens with one attached hydrogen (secondary N) is 2. The average molecular weight is 516 g/mol. The Balaban J connectivity index is 0.00000361. The highest BCUT2D eigenvalue weighted by atomic mass is 35.5. The molecule has 36 heavy (non-hydrogen) atoms. The highest BCUT2D eigenvalue weighted by molar-refractivity contribution is 5.88. The molecular weight excluding hydrogens is 486 g/mol. The molecule has 2 aromatic carbocycles. The van der Waals surface area contributed by atoms with Crippen molar-refractivity contribution >= 4 is 29.3 Å². The number of para-hydroxylation sites is 2. The normalized spacial score (nSPS) is 12.2. The van der Waals surface area contributed by atoms with Crippen molar-refractivity contribution in [1.82, 2.24) is 15.5 Å². The van der Waals surface area contributed by atoms with Crippen molar-refractivity contribution in [2.45, 2.75) is 31.9 Å². The van der Waals surface area contributed by atoms with Gasteiger partial charge in [-0.2, -0.15) is 0 Å². The molecule has 1 atom stereocenters. The topological polar surface area (TPSA) is 130 Å². The number of aromatic nitrogens is 2. The Labute approximate surface area is 214 Å². The third kappa shape index (κ3) is 6.78. The molecule has 10 heteroatoms. The number of ether oxygens (including phenoxy) is 2. The summed E-state index contributed by atoms with van der Waals surface area (Å²) in [6.45, 7) is 4.18. The summed E-state index contributed by atoms with van der Waals surface area (Å²) in [5, 5.41) is 27.5. The lowest BCUT2D eigenvalue weighted by molar-refractivity contribution is -0.139. The zero-order valence-corrected chi connectivity index (χ0v) is 20.9. The molecule has 9 nitrogen and oxygen atoms in total. The van der Waals surface area contributed by atoms with Crippen LogP contribution in [-0.4, -0.2) is 57.7 Å². The van der Waals surface area contributed by atoms with Crippen molar-refractivity contribution in [2.24, 2.45) is 0 Å². The van der Waals surface area contributed by atoms with Gasteiger partial charge in [0.05, 0.1) is 17.3 Å². The predicted octanol–water partition coefficient (Wildman–Crippen LogP) is 4.06. The number of carboxylic acids is 1. The van der Waals surface area contributed by atoms with Crippen molar-refractivity contribution in [3.8, 4) is 22.8 Å². The summed E-state index contributed by atoms with van der Waals surface area (Å²) >= 11 is 0. The lowest BCUT2D eigenvalue weighted by Crippen LogP contribution is -2.46. The van der Waals surface area contributed by atoms with Gasteiger partial charge >= 0.3 is 5.97 Å². The molecule has 4 N–H and O–H groups in total. The Hall–Kier alpha value is -3.53. The maximum Gasteiger partial charge on any atom is 0.341 e. The molecule has 0 aliphatic heterocycles. The standard InChI is InChI=1S/C26H29N3O6.ClH/c1-26(2,12-17-13-27-25-19(17)7-5-9-23(25)34-16-24(31)32)28-14-18(30)15-33-21-8-4-3-6-20(21)22-10-11-29-35-22;/h3-11,13,18,27-28,30H,12,14-16H2,1-2H3,(H,31,32);1H/t18-;/m0./s1. The zero-order chi connectivity index (χ0) is 24.8. The van der Waals surface area contributed by atoms with Crippen LogP contribution in [0.3, 0.4) is 0 Å². The van der Waals surface area contributed by atoms with Crippen LogP contribution >= 0.6 is 12.4 Å². The lowest BCUT2D eigenvalue weighted by atomic mass is 9.94. The SMILES string of the molecule is CC(C)(Cc1c[nH]c2c(OCC(=O)O)cccc12)NC[C@H](O)COc1ccccc1-c1ccno1.Cl. The largest absolute Gasteiger partial charge is 0.490 e. The fraction of sp³-hybridized carbons (Fsp3) is 0.308. The van der Waals surface area contributed by atoms with E-state index in [1.165, 1.54) is 0 Å². The Morgan fingerprint density at radius 2 is 1.92 bits per heavy atom. The number of aliphatic carboxylic acids is 1. The fourth-order valence-corrected chi connectivity index (χ4v) is 3.92. The van der Waals surface area contributed by atoms with E-state index in [1.807, 2.05) is 42.6 Å². The van der Waals surface area contributed by atoms with Gasteiger partial charge in [-0.1, -0.05) is 29.4 Å². The molecule has 2 aromatic heterocycles. The van der Waals surface area contributed by atoms with E-state index in [2.05, 4.69) is 29.3 Å². The van der Waals surface area contributed by atoms with Gasteiger partial charge in [-0.3, -0.25) is 0 Å². The number of nitrogens with zero attached hydrogens (tertiary/aromatic N) is 1. The molecule has 0 fully saturated rings. The Kier molecular flexibility index (Phi) is 8.98. The summed E-state index contributed by atoms with van der Waals surface area (Å²) in [5.74, 6) is 0.690. The van der Waals surface area contributed by atoms with Crippen LogP contribution in [0, 0.1) is 0 Å². The summed E-state index contributed by atoms with van der Waals surface area (Å²) in [4.78, 5) is 14.0. The first-order chi connectivity index (χ1) is 16.8. The summed E-state index contributed by atoms with van der Waals surface area (Å²) in [6, 6.07) is 14.8. The Morgan fingerprint density at radius 3 is 2.67 bits per heavy atom. The molecule has 0 unspecified atom stereocenters. The van der Waals surface area contributed by atoms with Gasteiger partial charge in [-0.05, 0) is 44.0 Å². The van der Waals surface area contributed by atoms with Crippen molar-refractivity contribution in [1.29, 1.82) is 0 Å². The maximum absolute atomic E-state index is 10.8. The average Bonchev–Trinajstić information content (AvgIpc) is 3.51. The van der Waals surface area contributed by atoms with E-state index in [1.54, 1.807) is 18.3 Å². The van der Waals surface area contributed by atoms with Gasteiger partial charge in [0.2, 0.25) is 0 Å². The maximum atomic E-state index is 10.8. The summed E-state index contributed by atoms with van der Waals surface area (Å²) in [6.07, 6.45) is 3.43. The molecule has 2 heterocycles. The van der Waals surface area contributed by atoms with Crippen LogP contribution in [-0.2, 0) is 11.2 Å². The molecule has 0 spiro atoms. The molecule has 0 amide bonds. The van der Waals surface area contributed by atoms with Crippen molar-refractivity contribution in [3.63, 3.8) is 0 Å². The molecule has 0 aliphatic rings. The number of aromatic amines is 1. The van der Waals surface area contributed by atoms with Crippen molar-refractivity contribution < 1.29 is 29.0 Å². The first-order valence-corrected chi connectivity index (χ1v) is 11.3. The van der Waals surface area contributed by atoms with E-state index >= 15 is 0 Å². The molecule has 0 saturated carbocycles. The first kappa shape index (κ1) is 27.1. The van der Waals surface area contributed by atoms with Gasteiger partial charge in [0.15, 0.2) is 12.4 Å². The van der Waals surface area contributed by atoms with E-state index < -0.39 is 18.7 Å². The van der Waals surface area contributed by atoms with Crippen LogP contribution in [0.1, 0.15) is 19.4 Å². The number of carbonyl (C=O) groups is 1. The number of rotatable bonds is 12. The molecule has 192 valence electrons. The Morgan fingerprint density at radius 1 is 1.14 bits per heavy atom. The number of aliphatic hydroxyl groups is 1. The third-order valence-corrected chi connectivity index (χ3v) is 5.58. The van der Waals surface area contributed by atoms with Gasteiger partial charge < -0.3 is 34.5 Å². The first-order valence-electron chi connectivity index (χ1n) is 11.3. The van der Waals surface area contributed by atoms with Crippen LogP contribution < -0.4 is 14.8 Å². The number of hydrogen-bond acceptors (Lipinski definition) is 7. The second-order valence-electron chi connectivity index (χ2n) is 8.95. The highest BCUT2D eigenvalue weighted by Gasteiger charge is 2.22. The van der Waals surface area contributed by atoms with Crippen LogP contribution in [0.15, 0.2) is 65.4 Å². The summed E-state index contributed by atoms with van der Waals surface area (Å²) < 4.78 is 16.5. The van der Waals surface area contributed by atoms with Crippen molar-refractivity contribution in [2.75, 3.05) is 19.8 Å². The molecule has 0 aliphatic carbocycles. The quantitative estimate of drug-likeness (QED) is 0.222. The van der Waals surface area contributed by atoms with E-state index in [9.17, 15) is 9.90 Å². The van der Waals surface area contributed by atoms with Gasteiger partial charge in [-0.15, -0.1) is 12.4 Å². The summed E-state index contributed by atoms with van der Waals surface area (Å²) in [5.41, 5.74) is 2.27. The number of hydrogen-bond donors (Lipinski definition) is 4. The number of benzene rings is 2. The smallest absolute Gasteiger partial charge is 0.341 e. The van der Waals surface area contributed by atoms with E-state index in [-0.39, 0.29) is 24.6 Å². The molecule has 0 radical (unpaired) electrons. The third-order valence-electron chi connectivity index (χ3n) is 5.58. The minimum atomic E-state index is -1.02. The monoisotopic (exact) mass is 515 g/mol. The molecule has 0 saturated heterocycles. The van der Waals surface area contributed by atoms with Crippen LogP contribution in [0.5, 0.6) is 11.5 Å². The second kappa shape index (κ2) is 11.9. The second-order valence-corrected chi connectivity index (χ2v) is 8.95. The van der Waals surface area contributed by atoms with Gasteiger partial charge in [0.25, 0.3) is 0 Å².